The van der Waals surface area contributed by atoms with Crippen molar-refractivity contribution in [2.75, 3.05) is 23.5 Å². The van der Waals surface area contributed by atoms with Crippen molar-refractivity contribution >= 4 is 38.4 Å². The maximum Gasteiger partial charge on any atom is 0.252 e. The number of aliphatic imine (C=N–C) groups is 1. The van der Waals surface area contributed by atoms with E-state index in [4.69, 9.17) is 4.74 Å². The van der Waals surface area contributed by atoms with Crippen LogP contribution in [0.2, 0.25) is 0 Å². The molecule has 0 spiro atoms. The molecule has 0 unspecified atom stereocenters. The molecular formula is C21H22N2O4S2. The van der Waals surface area contributed by atoms with Crippen LogP contribution in [0, 0.1) is 6.92 Å². The Balaban J connectivity index is 1.63. The van der Waals surface area contributed by atoms with Gasteiger partial charge in [-0.2, -0.15) is 4.99 Å². The quantitative estimate of drug-likeness (QED) is 0.743. The average molecular weight is 431 g/mol. The average Bonchev–Trinajstić information content (AvgIpc) is 3.12. The van der Waals surface area contributed by atoms with Gasteiger partial charge in [0.05, 0.1) is 31.1 Å². The van der Waals surface area contributed by atoms with Crippen LogP contribution in [0.15, 0.2) is 53.5 Å². The molecule has 0 bridgehead atoms. The largest absolute Gasteiger partial charge is 0.497 e. The van der Waals surface area contributed by atoms with E-state index in [0.29, 0.717) is 10.9 Å². The van der Waals surface area contributed by atoms with Gasteiger partial charge in [-0.15, -0.1) is 0 Å². The van der Waals surface area contributed by atoms with Crippen LogP contribution in [0.25, 0.3) is 0 Å². The normalized spacial score (nSPS) is 23.9. The first kappa shape index (κ1) is 20.0. The lowest BCUT2D eigenvalue weighted by atomic mass is 10.1. The zero-order chi connectivity index (χ0) is 20.6. The molecule has 152 valence electrons. The number of thioether (sulfide) groups is 1. The number of aryl methyl sites for hydroxylation is 1. The standard InChI is InChI=1S/C21H22N2O4S2/c1-14-4-3-5-15(10-14)11-20(24)22-21-23(16-6-8-17(27-2)9-7-16)18-12-29(25,26)13-19(18)28-21/h3-10,18-19H,11-13H2,1-2H3/t18-,19+/m0/s1. The van der Waals surface area contributed by atoms with E-state index in [-0.39, 0.29) is 35.1 Å². The SMILES string of the molecule is COc1ccc(N2C(=NC(=O)Cc3cccc(C)c3)S[C@@H]3CS(=O)(=O)C[C@@H]32)cc1. The number of ether oxygens (including phenoxy) is 1. The van der Waals surface area contributed by atoms with E-state index in [1.807, 2.05) is 60.4 Å². The fourth-order valence-corrected chi connectivity index (χ4v) is 7.68. The van der Waals surface area contributed by atoms with Gasteiger partial charge in [0.25, 0.3) is 5.91 Å². The number of hydrogen-bond acceptors (Lipinski definition) is 5. The Morgan fingerprint density at radius 2 is 1.97 bits per heavy atom. The Hall–Kier alpha value is -2.32. The topological polar surface area (TPSA) is 76.0 Å². The number of amides is 1. The lowest BCUT2D eigenvalue weighted by Crippen LogP contribution is -2.37. The summed E-state index contributed by atoms with van der Waals surface area (Å²) in [7, 11) is -1.50. The first-order valence-corrected chi connectivity index (χ1v) is 12.0. The first-order valence-electron chi connectivity index (χ1n) is 9.32. The second-order valence-electron chi connectivity index (χ2n) is 7.32. The minimum Gasteiger partial charge on any atom is -0.497 e. The fraction of sp³-hybridized carbons (Fsp3) is 0.333. The number of fused-ring (bicyclic) bond motifs is 1. The van der Waals surface area contributed by atoms with E-state index < -0.39 is 9.84 Å². The van der Waals surface area contributed by atoms with Crippen molar-refractivity contribution < 1.29 is 17.9 Å². The van der Waals surface area contributed by atoms with Gasteiger partial charge < -0.3 is 9.64 Å². The van der Waals surface area contributed by atoms with Crippen LogP contribution in [0.1, 0.15) is 11.1 Å². The van der Waals surface area contributed by atoms with Crippen molar-refractivity contribution in [3.8, 4) is 5.75 Å². The molecule has 0 saturated carbocycles. The minimum absolute atomic E-state index is 0.0712. The number of amidine groups is 1. The van der Waals surface area contributed by atoms with Crippen LogP contribution >= 0.6 is 11.8 Å². The molecule has 2 atom stereocenters. The highest BCUT2D eigenvalue weighted by molar-refractivity contribution is 8.16. The number of nitrogens with zero attached hydrogens (tertiary/aromatic N) is 2. The van der Waals surface area contributed by atoms with Gasteiger partial charge in [-0.3, -0.25) is 4.79 Å². The van der Waals surface area contributed by atoms with Crippen LogP contribution in [0.5, 0.6) is 5.75 Å². The molecule has 2 aromatic carbocycles. The third-order valence-electron chi connectivity index (χ3n) is 5.08. The molecule has 2 saturated heterocycles. The minimum atomic E-state index is -3.09. The van der Waals surface area contributed by atoms with E-state index in [9.17, 15) is 13.2 Å². The molecule has 2 fully saturated rings. The molecule has 0 N–H and O–H groups in total. The first-order chi connectivity index (χ1) is 13.8. The number of hydrogen-bond donors (Lipinski definition) is 0. The molecule has 0 aromatic heterocycles. The van der Waals surface area contributed by atoms with Crippen molar-refractivity contribution in [1.82, 2.24) is 0 Å². The van der Waals surface area contributed by atoms with Crippen LogP contribution in [-0.4, -0.2) is 49.4 Å². The number of sulfone groups is 1. The monoisotopic (exact) mass is 430 g/mol. The lowest BCUT2D eigenvalue weighted by Gasteiger charge is -2.24. The molecule has 2 heterocycles. The van der Waals surface area contributed by atoms with Crippen LogP contribution in [0.3, 0.4) is 0 Å². The van der Waals surface area contributed by atoms with E-state index >= 15 is 0 Å². The second-order valence-corrected chi connectivity index (χ2v) is 10.7. The van der Waals surface area contributed by atoms with E-state index in [2.05, 4.69) is 4.99 Å². The van der Waals surface area contributed by atoms with Gasteiger partial charge in [-0.05, 0) is 36.8 Å². The molecule has 2 aliphatic heterocycles. The number of rotatable bonds is 4. The van der Waals surface area contributed by atoms with Crippen molar-refractivity contribution in [2.24, 2.45) is 4.99 Å². The van der Waals surface area contributed by atoms with Gasteiger partial charge in [0, 0.05) is 10.9 Å². The Morgan fingerprint density at radius 3 is 2.66 bits per heavy atom. The molecule has 0 radical (unpaired) electrons. The molecule has 1 amide bonds. The zero-order valence-electron chi connectivity index (χ0n) is 16.2. The third kappa shape index (κ3) is 4.33. The molecule has 4 rings (SSSR count). The van der Waals surface area contributed by atoms with Gasteiger partial charge in [-0.25, -0.2) is 8.42 Å². The summed E-state index contributed by atoms with van der Waals surface area (Å²) in [6, 6.07) is 15.0. The van der Waals surface area contributed by atoms with Gasteiger partial charge in [0.15, 0.2) is 15.0 Å². The maximum atomic E-state index is 12.6. The smallest absolute Gasteiger partial charge is 0.252 e. The molecule has 2 aromatic rings. The number of carbonyl (C=O) groups excluding carboxylic acids is 1. The molecule has 2 aliphatic rings. The van der Waals surface area contributed by atoms with Gasteiger partial charge >= 0.3 is 0 Å². The van der Waals surface area contributed by atoms with Crippen LogP contribution in [0.4, 0.5) is 5.69 Å². The summed E-state index contributed by atoms with van der Waals surface area (Å²) < 4.78 is 29.5. The van der Waals surface area contributed by atoms with Gasteiger partial charge in [-0.1, -0.05) is 41.6 Å². The molecule has 0 aliphatic carbocycles. The Morgan fingerprint density at radius 1 is 1.21 bits per heavy atom. The van der Waals surface area contributed by atoms with Crippen molar-refractivity contribution in [3.05, 3.63) is 59.7 Å². The highest BCUT2D eigenvalue weighted by Gasteiger charge is 2.49. The zero-order valence-corrected chi connectivity index (χ0v) is 17.9. The fourth-order valence-electron chi connectivity index (χ4n) is 3.75. The van der Waals surface area contributed by atoms with Crippen LogP contribution < -0.4 is 9.64 Å². The van der Waals surface area contributed by atoms with Crippen molar-refractivity contribution in [1.29, 1.82) is 0 Å². The summed E-state index contributed by atoms with van der Waals surface area (Å²) in [6.45, 7) is 1.99. The Kier molecular flexibility index (Phi) is 5.40. The third-order valence-corrected chi connectivity index (χ3v) is 8.29. The summed E-state index contributed by atoms with van der Waals surface area (Å²) >= 11 is 1.38. The van der Waals surface area contributed by atoms with Crippen LogP contribution in [-0.2, 0) is 21.1 Å². The van der Waals surface area contributed by atoms with Gasteiger partial charge in [0.1, 0.15) is 5.75 Å². The van der Waals surface area contributed by atoms with E-state index in [1.165, 1.54) is 11.8 Å². The van der Waals surface area contributed by atoms with E-state index in [0.717, 1.165) is 16.8 Å². The number of benzene rings is 2. The Bertz CT molecular complexity index is 1060. The molecule has 29 heavy (non-hydrogen) atoms. The van der Waals surface area contributed by atoms with Gasteiger partial charge in [0.2, 0.25) is 0 Å². The summed E-state index contributed by atoms with van der Waals surface area (Å²) in [5.41, 5.74) is 2.82. The highest BCUT2D eigenvalue weighted by atomic mass is 32.2. The molecule has 6 nitrogen and oxygen atoms in total. The number of methoxy groups -OCH3 is 1. The Labute approximate surface area is 174 Å². The van der Waals surface area contributed by atoms with Crippen molar-refractivity contribution in [2.45, 2.75) is 24.6 Å². The predicted octanol–water partition coefficient (Wildman–Crippen LogP) is 2.85. The predicted molar refractivity (Wildman–Crippen MR) is 117 cm³/mol. The highest BCUT2D eigenvalue weighted by Crippen LogP contribution is 2.41. The molecule has 8 heteroatoms. The summed E-state index contributed by atoms with van der Waals surface area (Å²) in [5.74, 6) is 0.659. The summed E-state index contributed by atoms with van der Waals surface area (Å²) in [6.07, 6.45) is 0.218. The van der Waals surface area contributed by atoms with E-state index in [1.54, 1.807) is 7.11 Å². The summed E-state index contributed by atoms with van der Waals surface area (Å²) in [5, 5.41) is 0.449. The lowest BCUT2D eigenvalue weighted by molar-refractivity contribution is -0.117. The molecular weight excluding hydrogens is 408 g/mol. The number of anilines is 1. The maximum absolute atomic E-state index is 12.6. The second kappa shape index (κ2) is 7.84. The number of carbonyl (C=O) groups is 1. The van der Waals surface area contributed by atoms with Crippen molar-refractivity contribution in [3.63, 3.8) is 0 Å². The summed E-state index contributed by atoms with van der Waals surface area (Å²) in [4.78, 5) is 18.9.